The number of likely N-dealkylation sites (N-methyl/N-ethyl adjacent to an activating group) is 1. The number of pyridine rings is 1. The summed E-state index contributed by atoms with van der Waals surface area (Å²) < 4.78 is 1.43. The van der Waals surface area contributed by atoms with Gasteiger partial charge in [-0.1, -0.05) is 50.2 Å². The quantitative estimate of drug-likeness (QED) is 0.629. The second-order valence-corrected chi connectivity index (χ2v) is 7.82. The van der Waals surface area contributed by atoms with E-state index < -0.39 is 0 Å². The summed E-state index contributed by atoms with van der Waals surface area (Å²) in [6.45, 7) is 7.09. The van der Waals surface area contributed by atoms with E-state index >= 15 is 0 Å². The monoisotopic (exact) mass is 403 g/mol. The number of benzene rings is 2. The van der Waals surface area contributed by atoms with Crippen LogP contribution in [0.25, 0.3) is 16.5 Å². The summed E-state index contributed by atoms with van der Waals surface area (Å²) in [5.41, 5.74) is 2.11. The summed E-state index contributed by atoms with van der Waals surface area (Å²) >= 11 is 0. The number of fused-ring (bicyclic) bond motifs is 1. The van der Waals surface area contributed by atoms with Crippen LogP contribution in [0, 0.1) is 0 Å². The Labute approximate surface area is 177 Å². The van der Waals surface area contributed by atoms with E-state index in [1.807, 2.05) is 55.5 Å². The maximum Gasteiger partial charge on any atom is 0.265 e. The highest BCUT2D eigenvalue weighted by Gasteiger charge is 2.22. The van der Waals surface area contributed by atoms with Crippen LogP contribution < -0.4 is 5.56 Å². The molecule has 1 fully saturated rings. The molecule has 3 aromatic rings. The maximum atomic E-state index is 13.3. The molecule has 0 amide bonds. The predicted molar refractivity (Wildman–Crippen MR) is 123 cm³/mol. The third-order valence-corrected chi connectivity index (χ3v) is 6.16. The molecule has 1 saturated heterocycles. The molecular weight excluding hydrogens is 374 g/mol. The second-order valence-electron chi connectivity index (χ2n) is 7.82. The number of rotatable bonds is 6. The van der Waals surface area contributed by atoms with Gasteiger partial charge in [0.1, 0.15) is 0 Å². The minimum atomic E-state index is -0.214. The van der Waals surface area contributed by atoms with Crippen LogP contribution in [-0.4, -0.2) is 46.5 Å². The zero-order valence-corrected chi connectivity index (χ0v) is 17.7. The van der Waals surface area contributed by atoms with Gasteiger partial charge in [0, 0.05) is 23.0 Å². The van der Waals surface area contributed by atoms with Crippen molar-refractivity contribution >= 4 is 17.0 Å². The largest absolute Gasteiger partial charge is 0.494 e. The Kier molecular flexibility index (Phi) is 6.00. The van der Waals surface area contributed by atoms with Gasteiger partial charge >= 0.3 is 0 Å². The first kappa shape index (κ1) is 20.4. The molecule has 1 aliphatic rings. The Morgan fingerprint density at radius 3 is 2.60 bits per heavy atom. The first-order valence-electron chi connectivity index (χ1n) is 10.8. The SMILES string of the molecule is CCc1ccccc1-n1c(O)c(C=NCC2CCCN2CC)c2ccccc2c1=O. The third kappa shape index (κ3) is 3.65. The molecule has 2 heterocycles. The molecule has 0 radical (unpaired) electrons. The Balaban J connectivity index is 1.83. The first-order valence-corrected chi connectivity index (χ1v) is 10.8. The van der Waals surface area contributed by atoms with Gasteiger partial charge in [-0.05, 0) is 50.0 Å². The van der Waals surface area contributed by atoms with Gasteiger partial charge in [0.2, 0.25) is 5.88 Å². The van der Waals surface area contributed by atoms with Crippen molar-refractivity contribution in [2.75, 3.05) is 19.6 Å². The number of aliphatic imine (C=N–C) groups is 1. The van der Waals surface area contributed by atoms with Gasteiger partial charge < -0.3 is 5.11 Å². The summed E-state index contributed by atoms with van der Waals surface area (Å²) in [5, 5.41) is 12.5. The number of hydrogen-bond donors (Lipinski definition) is 1. The number of nitrogens with zero attached hydrogens (tertiary/aromatic N) is 3. The molecule has 1 aliphatic heterocycles. The molecule has 0 spiro atoms. The Hall–Kier alpha value is -2.92. The van der Waals surface area contributed by atoms with E-state index in [1.54, 1.807) is 6.21 Å². The fourth-order valence-corrected chi connectivity index (χ4v) is 4.52. The van der Waals surface area contributed by atoms with E-state index in [0.717, 1.165) is 42.6 Å². The fraction of sp³-hybridized carbons (Fsp3) is 0.360. The van der Waals surface area contributed by atoms with E-state index in [-0.39, 0.29) is 11.4 Å². The molecule has 156 valence electrons. The Bertz CT molecular complexity index is 1130. The summed E-state index contributed by atoms with van der Waals surface area (Å²) in [7, 11) is 0. The summed E-state index contributed by atoms with van der Waals surface area (Å²) in [4.78, 5) is 20.4. The molecule has 1 N–H and O–H groups in total. The molecule has 30 heavy (non-hydrogen) atoms. The van der Waals surface area contributed by atoms with Crippen LogP contribution in [0.1, 0.15) is 37.8 Å². The molecule has 0 bridgehead atoms. The highest BCUT2D eigenvalue weighted by molar-refractivity contribution is 6.01. The van der Waals surface area contributed by atoms with Gasteiger partial charge in [-0.15, -0.1) is 0 Å². The van der Waals surface area contributed by atoms with E-state index in [9.17, 15) is 9.90 Å². The molecule has 0 aliphatic carbocycles. The van der Waals surface area contributed by atoms with Crippen LogP contribution in [0.15, 0.2) is 58.3 Å². The van der Waals surface area contributed by atoms with Gasteiger partial charge in [-0.3, -0.25) is 14.7 Å². The van der Waals surface area contributed by atoms with Crippen molar-refractivity contribution in [3.05, 3.63) is 70.0 Å². The average molecular weight is 404 g/mol. The van der Waals surface area contributed by atoms with Crippen molar-refractivity contribution in [1.29, 1.82) is 0 Å². The standard InChI is InChI=1S/C25H29N3O2/c1-3-18-10-5-8-14-23(18)28-24(29)21-13-7-6-12-20(21)22(25(28)30)17-26-16-19-11-9-15-27(19)4-2/h5-8,10,12-14,17,19,30H,3-4,9,11,15-16H2,1-2H3. The lowest BCUT2D eigenvalue weighted by Crippen LogP contribution is -2.31. The first-order chi connectivity index (χ1) is 14.7. The lowest BCUT2D eigenvalue weighted by molar-refractivity contribution is 0.273. The van der Waals surface area contributed by atoms with Gasteiger partial charge in [-0.25, -0.2) is 4.57 Å². The number of hydrogen-bond acceptors (Lipinski definition) is 4. The van der Waals surface area contributed by atoms with Crippen LogP contribution in [0.2, 0.25) is 0 Å². The second kappa shape index (κ2) is 8.84. The minimum absolute atomic E-state index is 0.0536. The van der Waals surface area contributed by atoms with Crippen LogP contribution in [0.5, 0.6) is 5.88 Å². The molecular formula is C25H29N3O2. The zero-order valence-electron chi connectivity index (χ0n) is 17.7. The molecule has 5 nitrogen and oxygen atoms in total. The highest BCUT2D eigenvalue weighted by Crippen LogP contribution is 2.27. The van der Waals surface area contributed by atoms with Crippen molar-refractivity contribution < 1.29 is 5.11 Å². The van der Waals surface area contributed by atoms with Crippen molar-refractivity contribution in [3.8, 4) is 11.6 Å². The van der Waals surface area contributed by atoms with Crippen LogP contribution in [0.4, 0.5) is 0 Å². The number of aromatic nitrogens is 1. The normalized spacial score (nSPS) is 17.3. The molecule has 1 atom stereocenters. The summed E-state index contributed by atoms with van der Waals surface area (Å²) in [6.07, 6.45) is 4.88. The minimum Gasteiger partial charge on any atom is -0.494 e. The van der Waals surface area contributed by atoms with E-state index in [1.165, 1.54) is 11.0 Å². The zero-order chi connectivity index (χ0) is 21.1. The van der Waals surface area contributed by atoms with Crippen molar-refractivity contribution in [2.45, 2.75) is 39.2 Å². The molecule has 5 heteroatoms. The Morgan fingerprint density at radius 2 is 1.83 bits per heavy atom. The fourth-order valence-electron chi connectivity index (χ4n) is 4.52. The van der Waals surface area contributed by atoms with Crippen molar-refractivity contribution in [3.63, 3.8) is 0 Å². The molecule has 1 aromatic heterocycles. The third-order valence-electron chi connectivity index (χ3n) is 6.16. The number of aromatic hydroxyl groups is 1. The topological polar surface area (TPSA) is 57.8 Å². The van der Waals surface area contributed by atoms with Gasteiger partial charge in [0.05, 0.1) is 17.8 Å². The molecule has 0 saturated carbocycles. The van der Waals surface area contributed by atoms with E-state index in [0.29, 0.717) is 23.5 Å². The van der Waals surface area contributed by atoms with E-state index in [4.69, 9.17) is 4.99 Å². The molecule has 2 aromatic carbocycles. The van der Waals surface area contributed by atoms with Crippen molar-refractivity contribution in [1.82, 2.24) is 9.47 Å². The maximum absolute atomic E-state index is 13.3. The average Bonchev–Trinajstić information content (AvgIpc) is 3.24. The van der Waals surface area contributed by atoms with Crippen LogP contribution in [-0.2, 0) is 6.42 Å². The molecule has 1 unspecified atom stereocenters. The highest BCUT2D eigenvalue weighted by atomic mass is 16.3. The number of likely N-dealkylation sites (tertiary alicyclic amines) is 1. The van der Waals surface area contributed by atoms with Gasteiger partial charge in [0.25, 0.3) is 5.56 Å². The van der Waals surface area contributed by atoms with Crippen molar-refractivity contribution in [2.24, 2.45) is 4.99 Å². The number of para-hydroxylation sites is 1. The van der Waals surface area contributed by atoms with Gasteiger partial charge in [0.15, 0.2) is 0 Å². The lowest BCUT2D eigenvalue weighted by Gasteiger charge is -2.20. The Morgan fingerprint density at radius 1 is 1.10 bits per heavy atom. The van der Waals surface area contributed by atoms with Gasteiger partial charge in [-0.2, -0.15) is 0 Å². The predicted octanol–water partition coefficient (Wildman–Crippen LogP) is 4.16. The van der Waals surface area contributed by atoms with Crippen LogP contribution in [0.3, 0.4) is 0 Å². The summed E-state index contributed by atoms with van der Waals surface area (Å²) in [5.74, 6) is -0.0536. The number of aryl methyl sites for hydroxylation is 1. The van der Waals surface area contributed by atoms with E-state index in [2.05, 4.69) is 11.8 Å². The van der Waals surface area contributed by atoms with Crippen LogP contribution >= 0.6 is 0 Å². The summed E-state index contributed by atoms with van der Waals surface area (Å²) in [6, 6.07) is 15.6. The smallest absolute Gasteiger partial charge is 0.265 e. The lowest BCUT2D eigenvalue weighted by atomic mass is 10.1. The molecule has 4 rings (SSSR count).